The van der Waals surface area contributed by atoms with Gasteiger partial charge in [-0.3, -0.25) is 9.36 Å². The smallest absolute Gasteiger partial charge is 0.232 e. The van der Waals surface area contributed by atoms with Gasteiger partial charge in [0.2, 0.25) is 11.9 Å². The fourth-order valence-electron chi connectivity index (χ4n) is 3.03. The summed E-state index contributed by atoms with van der Waals surface area (Å²) in [7, 11) is 0. The average molecular weight is 379 g/mol. The summed E-state index contributed by atoms with van der Waals surface area (Å²) >= 11 is 1.43. The standard InChI is InChI=1S/C20H21N5OS/c1-15-7-9-17(10-8-15)24-11-12-25-19(24)22-23-20(25)27-14-18(26)21-13-16-5-3-2-4-6-16/h2-10H,11-14H2,1H3,(H,21,26). The van der Waals surface area contributed by atoms with Crippen LogP contribution in [0.5, 0.6) is 0 Å². The Hall–Kier alpha value is -2.80. The van der Waals surface area contributed by atoms with Gasteiger partial charge in [0.1, 0.15) is 0 Å². The number of hydrogen-bond acceptors (Lipinski definition) is 5. The summed E-state index contributed by atoms with van der Waals surface area (Å²) < 4.78 is 2.08. The van der Waals surface area contributed by atoms with E-state index in [0.29, 0.717) is 12.3 Å². The topological polar surface area (TPSA) is 63.1 Å². The van der Waals surface area contributed by atoms with Crippen LogP contribution in [0.1, 0.15) is 11.1 Å². The summed E-state index contributed by atoms with van der Waals surface area (Å²) in [6.45, 7) is 4.30. The van der Waals surface area contributed by atoms with Crippen LogP contribution in [0, 0.1) is 6.92 Å². The van der Waals surface area contributed by atoms with E-state index in [9.17, 15) is 4.79 Å². The quantitative estimate of drug-likeness (QED) is 0.667. The molecule has 3 aromatic rings. The monoisotopic (exact) mass is 379 g/mol. The van der Waals surface area contributed by atoms with Crippen LogP contribution in [0.4, 0.5) is 11.6 Å². The molecule has 1 aliphatic heterocycles. The number of amides is 1. The number of anilines is 2. The van der Waals surface area contributed by atoms with Crippen molar-refractivity contribution in [3.8, 4) is 0 Å². The van der Waals surface area contributed by atoms with Gasteiger partial charge >= 0.3 is 0 Å². The molecule has 0 saturated carbocycles. The van der Waals surface area contributed by atoms with E-state index in [-0.39, 0.29) is 5.91 Å². The van der Waals surface area contributed by atoms with Gasteiger partial charge in [0.05, 0.1) is 5.75 Å². The lowest BCUT2D eigenvalue weighted by Crippen LogP contribution is -2.24. The van der Waals surface area contributed by atoms with Crippen molar-refractivity contribution in [1.29, 1.82) is 0 Å². The van der Waals surface area contributed by atoms with Gasteiger partial charge in [-0.25, -0.2) is 0 Å². The Morgan fingerprint density at radius 2 is 1.85 bits per heavy atom. The predicted molar refractivity (Wildman–Crippen MR) is 107 cm³/mol. The van der Waals surface area contributed by atoms with Gasteiger partial charge in [0.25, 0.3) is 0 Å². The Morgan fingerprint density at radius 3 is 2.63 bits per heavy atom. The highest BCUT2D eigenvalue weighted by Gasteiger charge is 2.26. The molecule has 2 aromatic carbocycles. The van der Waals surface area contributed by atoms with E-state index < -0.39 is 0 Å². The first-order valence-electron chi connectivity index (χ1n) is 8.91. The highest BCUT2D eigenvalue weighted by Crippen LogP contribution is 2.32. The molecule has 7 heteroatoms. The van der Waals surface area contributed by atoms with Crippen LogP contribution in [0.25, 0.3) is 0 Å². The summed E-state index contributed by atoms with van der Waals surface area (Å²) in [6.07, 6.45) is 0. The van der Waals surface area contributed by atoms with Crippen LogP contribution < -0.4 is 10.2 Å². The van der Waals surface area contributed by atoms with Crippen molar-refractivity contribution in [3.63, 3.8) is 0 Å². The molecule has 0 saturated heterocycles. The molecule has 27 heavy (non-hydrogen) atoms. The maximum atomic E-state index is 12.1. The maximum Gasteiger partial charge on any atom is 0.232 e. The van der Waals surface area contributed by atoms with Gasteiger partial charge in [-0.1, -0.05) is 59.8 Å². The largest absolute Gasteiger partial charge is 0.351 e. The predicted octanol–water partition coefficient (Wildman–Crippen LogP) is 3.15. The zero-order chi connectivity index (χ0) is 18.6. The van der Waals surface area contributed by atoms with E-state index in [1.165, 1.54) is 17.3 Å². The Balaban J connectivity index is 1.35. The molecule has 0 spiro atoms. The van der Waals surface area contributed by atoms with Crippen LogP contribution >= 0.6 is 11.8 Å². The number of nitrogens with one attached hydrogen (secondary N) is 1. The van der Waals surface area contributed by atoms with Crippen LogP contribution in [0.2, 0.25) is 0 Å². The molecule has 0 aliphatic carbocycles. The fourth-order valence-corrected chi connectivity index (χ4v) is 3.82. The number of nitrogens with zero attached hydrogens (tertiary/aromatic N) is 4. The van der Waals surface area contributed by atoms with Crippen molar-refractivity contribution >= 4 is 29.3 Å². The zero-order valence-corrected chi connectivity index (χ0v) is 15.9. The molecule has 0 radical (unpaired) electrons. The highest BCUT2D eigenvalue weighted by atomic mass is 32.2. The molecule has 1 amide bonds. The second-order valence-electron chi connectivity index (χ2n) is 6.47. The third-order valence-corrected chi connectivity index (χ3v) is 5.46. The molecule has 0 bridgehead atoms. The van der Waals surface area contributed by atoms with Gasteiger partial charge < -0.3 is 10.2 Å². The van der Waals surface area contributed by atoms with E-state index in [4.69, 9.17) is 0 Å². The number of aryl methyl sites for hydroxylation is 1. The van der Waals surface area contributed by atoms with Crippen molar-refractivity contribution in [3.05, 3.63) is 65.7 Å². The number of thioether (sulfide) groups is 1. The minimum Gasteiger partial charge on any atom is -0.351 e. The molecule has 138 valence electrons. The summed E-state index contributed by atoms with van der Waals surface area (Å²) in [4.78, 5) is 14.3. The fraction of sp³-hybridized carbons (Fsp3) is 0.250. The van der Waals surface area contributed by atoms with Crippen molar-refractivity contribution in [1.82, 2.24) is 20.1 Å². The Morgan fingerprint density at radius 1 is 1.07 bits per heavy atom. The van der Waals surface area contributed by atoms with Crippen molar-refractivity contribution < 1.29 is 4.79 Å². The first kappa shape index (κ1) is 17.6. The van der Waals surface area contributed by atoms with Gasteiger partial charge in [-0.2, -0.15) is 0 Å². The Bertz CT molecular complexity index is 923. The van der Waals surface area contributed by atoms with Gasteiger partial charge in [0.15, 0.2) is 5.16 Å². The van der Waals surface area contributed by atoms with Crippen LogP contribution in [0.15, 0.2) is 59.8 Å². The van der Waals surface area contributed by atoms with Crippen molar-refractivity contribution in [2.45, 2.75) is 25.2 Å². The number of aromatic nitrogens is 3. The van der Waals surface area contributed by atoms with Crippen LogP contribution in [-0.2, 0) is 17.9 Å². The molecule has 4 rings (SSSR count). The number of fused-ring (bicyclic) bond motifs is 1. The molecule has 1 aliphatic rings. The lowest BCUT2D eigenvalue weighted by Gasteiger charge is -2.15. The number of benzene rings is 2. The Kier molecular flexibility index (Phi) is 5.11. The number of rotatable bonds is 6. The van der Waals surface area contributed by atoms with Crippen molar-refractivity contribution in [2.75, 3.05) is 17.2 Å². The summed E-state index contributed by atoms with van der Waals surface area (Å²) in [6, 6.07) is 18.3. The second-order valence-corrected chi connectivity index (χ2v) is 7.41. The number of carbonyl (C=O) groups excluding carboxylic acids is 1. The van der Waals surface area contributed by atoms with E-state index >= 15 is 0 Å². The first-order chi connectivity index (χ1) is 13.2. The lowest BCUT2D eigenvalue weighted by molar-refractivity contribution is -0.118. The molecule has 6 nitrogen and oxygen atoms in total. The second kappa shape index (κ2) is 7.84. The number of hydrogen-bond donors (Lipinski definition) is 1. The third-order valence-electron chi connectivity index (χ3n) is 4.50. The van der Waals surface area contributed by atoms with E-state index in [1.54, 1.807) is 0 Å². The molecule has 2 heterocycles. The van der Waals surface area contributed by atoms with E-state index in [1.807, 2.05) is 30.3 Å². The normalized spacial score (nSPS) is 12.9. The van der Waals surface area contributed by atoms with Gasteiger partial charge in [-0.15, -0.1) is 10.2 Å². The number of carbonyl (C=O) groups is 1. The maximum absolute atomic E-state index is 12.1. The summed E-state index contributed by atoms with van der Waals surface area (Å²) in [5, 5.41) is 12.3. The molecule has 0 unspecified atom stereocenters. The molecule has 0 atom stereocenters. The SMILES string of the molecule is Cc1ccc(N2CCn3c(SCC(=O)NCc4ccccc4)nnc32)cc1. The first-order valence-corrected chi connectivity index (χ1v) is 9.90. The summed E-state index contributed by atoms with van der Waals surface area (Å²) in [5.74, 6) is 1.16. The minimum absolute atomic E-state index is 0.00501. The average Bonchev–Trinajstić information content (AvgIpc) is 3.29. The highest BCUT2D eigenvalue weighted by molar-refractivity contribution is 7.99. The minimum atomic E-state index is -0.00501. The zero-order valence-electron chi connectivity index (χ0n) is 15.1. The van der Waals surface area contributed by atoms with Gasteiger partial charge in [-0.05, 0) is 24.6 Å². The van der Waals surface area contributed by atoms with Crippen LogP contribution in [0.3, 0.4) is 0 Å². The van der Waals surface area contributed by atoms with Crippen LogP contribution in [-0.4, -0.2) is 33.0 Å². The third kappa shape index (κ3) is 3.98. The van der Waals surface area contributed by atoms with Gasteiger partial charge in [0, 0.05) is 25.3 Å². The molecule has 1 aromatic heterocycles. The van der Waals surface area contributed by atoms with E-state index in [0.717, 1.165) is 35.4 Å². The lowest BCUT2D eigenvalue weighted by atomic mass is 10.2. The Labute approximate surface area is 162 Å². The molecule has 1 N–H and O–H groups in total. The van der Waals surface area contributed by atoms with Crippen molar-refractivity contribution in [2.24, 2.45) is 0 Å². The molecule has 0 fully saturated rings. The van der Waals surface area contributed by atoms with E-state index in [2.05, 4.69) is 56.2 Å². The molecular formula is C20H21N5OS. The molecular weight excluding hydrogens is 358 g/mol. The summed E-state index contributed by atoms with van der Waals surface area (Å²) in [5.41, 5.74) is 3.44.